The summed E-state index contributed by atoms with van der Waals surface area (Å²) in [6.45, 7) is -0.719. The van der Waals surface area contributed by atoms with Gasteiger partial charge in [0.2, 0.25) is 0 Å². The summed E-state index contributed by atoms with van der Waals surface area (Å²) in [5.41, 5.74) is -1.10. The van der Waals surface area contributed by atoms with Gasteiger partial charge in [0.1, 0.15) is 19.0 Å². The molecule has 1 aliphatic carbocycles. The first-order chi connectivity index (χ1) is 13.6. The highest BCUT2D eigenvalue weighted by molar-refractivity contribution is 5.87. The summed E-state index contributed by atoms with van der Waals surface area (Å²) >= 11 is 0. The van der Waals surface area contributed by atoms with E-state index >= 15 is 0 Å². The number of rotatable bonds is 7. The number of carbonyl (C=O) groups excluding carboxylic acids is 1. The van der Waals surface area contributed by atoms with E-state index in [2.05, 4.69) is 4.84 Å². The van der Waals surface area contributed by atoms with Crippen LogP contribution >= 0.6 is 0 Å². The monoisotopic (exact) mass is 413 g/mol. The maximum absolute atomic E-state index is 14.6. The number of alkyl halides is 3. The second-order valence-corrected chi connectivity index (χ2v) is 6.54. The molecule has 2 aromatic carbocycles. The first-order valence-corrected chi connectivity index (χ1v) is 8.56. The SMILES string of the molecule is O=C(OCCO[N+](=O)[O-])C1(c2ccc(-c3ccc(C(F)(F)F)cc3)c(F)c2)CC1. The van der Waals surface area contributed by atoms with Gasteiger partial charge in [-0.2, -0.15) is 13.2 Å². The van der Waals surface area contributed by atoms with E-state index in [4.69, 9.17) is 4.74 Å². The van der Waals surface area contributed by atoms with E-state index in [1.807, 2.05) is 0 Å². The Bertz CT molecular complexity index is 923. The zero-order valence-corrected chi connectivity index (χ0v) is 14.9. The normalized spacial score (nSPS) is 14.9. The summed E-state index contributed by atoms with van der Waals surface area (Å²) in [6, 6.07) is 8.18. The average Bonchev–Trinajstić information content (AvgIpc) is 3.46. The number of hydrogen-bond donors (Lipinski definition) is 0. The third kappa shape index (κ3) is 4.47. The molecule has 0 aromatic heterocycles. The van der Waals surface area contributed by atoms with Gasteiger partial charge in [-0.25, -0.2) is 4.39 Å². The van der Waals surface area contributed by atoms with Gasteiger partial charge in [0.25, 0.3) is 5.09 Å². The molecule has 10 heteroatoms. The molecule has 6 nitrogen and oxygen atoms in total. The van der Waals surface area contributed by atoms with E-state index in [9.17, 15) is 32.5 Å². The molecule has 1 aliphatic rings. The molecular formula is C19H15F4NO5. The predicted octanol–water partition coefficient (Wildman–Crippen LogP) is 4.29. The molecule has 0 amide bonds. The van der Waals surface area contributed by atoms with Crippen molar-refractivity contribution in [2.45, 2.75) is 24.4 Å². The van der Waals surface area contributed by atoms with Gasteiger partial charge in [-0.1, -0.05) is 24.3 Å². The number of nitrogens with zero attached hydrogens (tertiary/aromatic N) is 1. The van der Waals surface area contributed by atoms with Crippen LogP contribution < -0.4 is 0 Å². The van der Waals surface area contributed by atoms with E-state index < -0.39 is 40.6 Å². The summed E-state index contributed by atoms with van der Waals surface area (Å²) in [5, 5.41) is 9.07. The number of esters is 1. The van der Waals surface area contributed by atoms with Crippen LogP contribution in [0.4, 0.5) is 17.6 Å². The highest BCUT2D eigenvalue weighted by atomic mass is 19.4. The summed E-state index contributed by atoms with van der Waals surface area (Å²) in [7, 11) is 0. The van der Waals surface area contributed by atoms with Gasteiger partial charge >= 0.3 is 12.1 Å². The summed E-state index contributed by atoms with van der Waals surface area (Å²) < 4.78 is 57.6. The Morgan fingerprint density at radius 3 is 2.28 bits per heavy atom. The zero-order valence-electron chi connectivity index (χ0n) is 14.9. The number of benzene rings is 2. The molecule has 1 saturated carbocycles. The van der Waals surface area contributed by atoms with Crippen molar-refractivity contribution in [3.05, 3.63) is 69.5 Å². The fourth-order valence-corrected chi connectivity index (χ4v) is 3.01. The van der Waals surface area contributed by atoms with Crippen LogP contribution in [-0.2, 0) is 26.0 Å². The molecule has 0 saturated heterocycles. The Kier molecular flexibility index (Phi) is 5.45. The minimum atomic E-state index is -4.48. The Balaban J connectivity index is 1.74. The van der Waals surface area contributed by atoms with Gasteiger partial charge in [0, 0.05) is 5.56 Å². The fourth-order valence-electron chi connectivity index (χ4n) is 3.01. The van der Waals surface area contributed by atoms with E-state index in [-0.39, 0.29) is 17.7 Å². The van der Waals surface area contributed by atoms with Crippen molar-refractivity contribution < 1.29 is 37.0 Å². The molecule has 29 heavy (non-hydrogen) atoms. The predicted molar refractivity (Wildman–Crippen MR) is 91.7 cm³/mol. The van der Waals surface area contributed by atoms with Crippen LogP contribution in [0.15, 0.2) is 42.5 Å². The Hall–Kier alpha value is -3.17. The lowest BCUT2D eigenvalue weighted by molar-refractivity contribution is -0.757. The van der Waals surface area contributed by atoms with Crippen LogP contribution in [0.1, 0.15) is 24.0 Å². The van der Waals surface area contributed by atoms with Crippen molar-refractivity contribution in [2.75, 3.05) is 13.2 Å². The largest absolute Gasteiger partial charge is 0.463 e. The van der Waals surface area contributed by atoms with E-state index in [0.29, 0.717) is 18.4 Å². The minimum absolute atomic E-state index is 0.103. The van der Waals surface area contributed by atoms with E-state index in [0.717, 1.165) is 18.2 Å². The first-order valence-electron chi connectivity index (χ1n) is 8.56. The quantitative estimate of drug-likeness (QED) is 0.222. The summed E-state index contributed by atoms with van der Waals surface area (Å²) in [5.74, 6) is -1.32. The molecule has 0 radical (unpaired) electrons. The molecule has 154 valence electrons. The molecule has 1 fully saturated rings. The van der Waals surface area contributed by atoms with Gasteiger partial charge < -0.3 is 9.57 Å². The topological polar surface area (TPSA) is 78.7 Å². The highest BCUT2D eigenvalue weighted by Gasteiger charge is 2.53. The molecular weight excluding hydrogens is 398 g/mol. The first kappa shape index (κ1) is 20.6. The maximum atomic E-state index is 14.6. The third-order valence-electron chi connectivity index (χ3n) is 4.70. The van der Waals surface area contributed by atoms with Crippen molar-refractivity contribution >= 4 is 5.97 Å². The number of carbonyl (C=O) groups is 1. The van der Waals surface area contributed by atoms with Crippen LogP contribution in [-0.4, -0.2) is 24.3 Å². The van der Waals surface area contributed by atoms with Gasteiger partial charge in [-0.05, 0) is 42.2 Å². The zero-order chi connectivity index (χ0) is 21.2. The van der Waals surface area contributed by atoms with Gasteiger partial charge in [-0.3, -0.25) is 4.79 Å². The van der Waals surface area contributed by atoms with Crippen molar-refractivity contribution in [3.8, 4) is 11.1 Å². The Morgan fingerprint density at radius 2 is 1.76 bits per heavy atom. The highest BCUT2D eigenvalue weighted by Crippen LogP contribution is 2.49. The van der Waals surface area contributed by atoms with Crippen molar-refractivity contribution in [3.63, 3.8) is 0 Å². The second-order valence-electron chi connectivity index (χ2n) is 6.54. The lowest BCUT2D eigenvalue weighted by atomic mass is 9.93. The number of ether oxygens (including phenoxy) is 1. The summed E-state index contributed by atoms with van der Waals surface area (Å²) in [6.07, 6.45) is -3.62. The molecule has 3 rings (SSSR count). The maximum Gasteiger partial charge on any atom is 0.416 e. The van der Waals surface area contributed by atoms with Gasteiger partial charge in [0.05, 0.1) is 11.0 Å². The standard InChI is InChI=1S/C19H15F4NO5/c20-16-11-14(18(7-8-18)17(25)28-9-10-29-24(26)27)5-6-15(16)12-1-3-13(4-2-12)19(21,22)23/h1-6,11H,7-10H2. The molecule has 0 aliphatic heterocycles. The van der Waals surface area contributed by atoms with E-state index in [1.165, 1.54) is 24.3 Å². The van der Waals surface area contributed by atoms with E-state index in [1.54, 1.807) is 0 Å². The molecule has 0 unspecified atom stereocenters. The molecule has 0 heterocycles. The van der Waals surface area contributed by atoms with Crippen LogP contribution in [0.3, 0.4) is 0 Å². The molecule has 0 atom stereocenters. The molecule has 0 spiro atoms. The van der Waals surface area contributed by atoms with Crippen LogP contribution in [0.25, 0.3) is 11.1 Å². The lowest BCUT2D eigenvalue weighted by Crippen LogP contribution is -2.25. The van der Waals surface area contributed by atoms with Crippen LogP contribution in [0.5, 0.6) is 0 Å². The molecule has 0 bridgehead atoms. The van der Waals surface area contributed by atoms with Gasteiger partial charge in [0.15, 0.2) is 0 Å². The van der Waals surface area contributed by atoms with Crippen LogP contribution in [0.2, 0.25) is 0 Å². The van der Waals surface area contributed by atoms with Gasteiger partial charge in [-0.15, -0.1) is 10.1 Å². The smallest absolute Gasteiger partial charge is 0.416 e. The van der Waals surface area contributed by atoms with Crippen molar-refractivity contribution in [1.29, 1.82) is 0 Å². The molecule has 0 N–H and O–H groups in total. The third-order valence-corrected chi connectivity index (χ3v) is 4.70. The van der Waals surface area contributed by atoms with Crippen molar-refractivity contribution in [1.82, 2.24) is 0 Å². The fraction of sp³-hybridized carbons (Fsp3) is 0.316. The minimum Gasteiger partial charge on any atom is -0.463 e. The summed E-state index contributed by atoms with van der Waals surface area (Å²) in [4.78, 5) is 26.4. The Labute approximate surface area is 162 Å². The number of halogens is 4. The van der Waals surface area contributed by atoms with Crippen LogP contribution in [0, 0.1) is 15.9 Å². The molecule has 2 aromatic rings. The Morgan fingerprint density at radius 1 is 1.10 bits per heavy atom. The van der Waals surface area contributed by atoms with Crippen molar-refractivity contribution in [2.24, 2.45) is 0 Å². The lowest BCUT2D eigenvalue weighted by Gasteiger charge is -2.16. The average molecular weight is 413 g/mol. The number of hydrogen-bond acceptors (Lipinski definition) is 5. The second kappa shape index (κ2) is 7.69.